The second-order valence-corrected chi connectivity index (χ2v) is 6.09. The van der Waals surface area contributed by atoms with Gasteiger partial charge < -0.3 is 5.32 Å². The molecule has 0 aromatic heterocycles. The lowest BCUT2D eigenvalue weighted by Crippen LogP contribution is -2.36. The standard InChI is InChI=1S/C15H5F9N2O2S/c16-4-2-1-3-5(17)6(4)13(27)26-14(28)25-11-7(18)9(20)12(10(21)8(11)19)29-15(22,23)24/h1-3H,(H2,25,26,27,28). The number of halogens is 9. The molecule has 14 heteroatoms. The van der Waals surface area contributed by atoms with Crippen LogP contribution in [0.15, 0.2) is 23.1 Å². The molecule has 2 aromatic rings. The van der Waals surface area contributed by atoms with Crippen molar-refractivity contribution < 1.29 is 49.1 Å². The van der Waals surface area contributed by atoms with Crippen molar-refractivity contribution in [1.29, 1.82) is 0 Å². The van der Waals surface area contributed by atoms with Crippen molar-refractivity contribution in [3.63, 3.8) is 0 Å². The maximum Gasteiger partial charge on any atom is 0.446 e. The second-order valence-electron chi connectivity index (χ2n) is 5.01. The lowest BCUT2D eigenvalue weighted by Gasteiger charge is -2.14. The number of rotatable bonds is 3. The molecule has 0 saturated heterocycles. The Labute approximate surface area is 159 Å². The molecule has 0 bridgehead atoms. The van der Waals surface area contributed by atoms with Crippen molar-refractivity contribution in [3.05, 3.63) is 58.7 Å². The SMILES string of the molecule is O=C(NC(=O)c1c(F)cccc1F)Nc1c(F)c(F)c(SC(F)(F)F)c(F)c1F. The van der Waals surface area contributed by atoms with Crippen molar-refractivity contribution in [2.75, 3.05) is 5.32 Å². The summed E-state index contributed by atoms with van der Waals surface area (Å²) in [7, 11) is 0. The van der Waals surface area contributed by atoms with Gasteiger partial charge in [-0.1, -0.05) is 6.07 Å². The highest BCUT2D eigenvalue weighted by Gasteiger charge is 2.36. The Balaban J connectivity index is 2.30. The number of carbonyl (C=O) groups is 2. The molecule has 0 heterocycles. The number of nitrogens with one attached hydrogen (secondary N) is 2. The molecule has 2 aromatic carbocycles. The fourth-order valence-corrected chi connectivity index (χ4v) is 2.54. The van der Waals surface area contributed by atoms with Gasteiger partial charge in [-0.15, -0.1) is 0 Å². The summed E-state index contributed by atoms with van der Waals surface area (Å²) in [5.74, 6) is -14.3. The zero-order valence-corrected chi connectivity index (χ0v) is 14.2. The van der Waals surface area contributed by atoms with Gasteiger partial charge in [-0.3, -0.25) is 10.1 Å². The highest BCUT2D eigenvalue weighted by atomic mass is 32.2. The maximum absolute atomic E-state index is 13.8. The second kappa shape index (κ2) is 8.23. The van der Waals surface area contributed by atoms with E-state index in [0.717, 1.165) is 11.4 Å². The van der Waals surface area contributed by atoms with E-state index in [1.165, 1.54) is 5.32 Å². The van der Waals surface area contributed by atoms with E-state index >= 15 is 0 Å². The Kier molecular flexibility index (Phi) is 6.35. The van der Waals surface area contributed by atoms with Crippen molar-refractivity contribution in [2.45, 2.75) is 10.4 Å². The van der Waals surface area contributed by atoms with Gasteiger partial charge in [0, 0.05) is 0 Å². The summed E-state index contributed by atoms with van der Waals surface area (Å²) < 4.78 is 119. The smallest absolute Gasteiger partial charge is 0.302 e. The third-order valence-corrected chi connectivity index (χ3v) is 3.89. The quantitative estimate of drug-likeness (QED) is 0.391. The van der Waals surface area contributed by atoms with E-state index in [0.29, 0.717) is 12.1 Å². The van der Waals surface area contributed by atoms with Crippen LogP contribution in [0.25, 0.3) is 0 Å². The number of alkyl halides is 3. The van der Waals surface area contributed by atoms with Crippen molar-refractivity contribution in [1.82, 2.24) is 5.32 Å². The molecule has 0 saturated carbocycles. The number of hydrogen-bond acceptors (Lipinski definition) is 3. The molecule has 0 atom stereocenters. The Bertz CT molecular complexity index is 945. The van der Waals surface area contributed by atoms with E-state index in [9.17, 15) is 49.1 Å². The van der Waals surface area contributed by atoms with Gasteiger partial charge in [-0.25, -0.2) is 31.1 Å². The lowest BCUT2D eigenvalue weighted by molar-refractivity contribution is -0.0331. The first kappa shape index (κ1) is 22.4. The summed E-state index contributed by atoms with van der Waals surface area (Å²) in [5.41, 5.74) is -8.41. The molecule has 2 rings (SSSR count). The maximum atomic E-state index is 13.8. The van der Waals surface area contributed by atoms with Gasteiger partial charge >= 0.3 is 11.5 Å². The topological polar surface area (TPSA) is 58.2 Å². The minimum absolute atomic E-state index is 0.650. The molecule has 0 unspecified atom stereocenters. The first-order valence-corrected chi connectivity index (χ1v) is 7.83. The predicted octanol–water partition coefficient (Wildman–Crippen LogP) is 5.10. The Morgan fingerprint density at radius 2 is 1.31 bits per heavy atom. The Morgan fingerprint density at radius 3 is 1.76 bits per heavy atom. The van der Waals surface area contributed by atoms with Crippen LogP contribution in [0.5, 0.6) is 0 Å². The lowest BCUT2D eigenvalue weighted by atomic mass is 10.2. The first-order chi connectivity index (χ1) is 13.3. The molecular weight excluding hydrogens is 443 g/mol. The average Bonchev–Trinajstić information content (AvgIpc) is 2.60. The molecule has 0 aliphatic rings. The summed E-state index contributed by atoms with van der Waals surface area (Å²) in [5, 5.41) is 2.39. The number of benzene rings is 2. The van der Waals surface area contributed by atoms with E-state index in [1.54, 1.807) is 0 Å². The third-order valence-electron chi connectivity index (χ3n) is 3.10. The van der Waals surface area contributed by atoms with Gasteiger partial charge in [0.25, 0.3) is 5.91 Å². The molecule has 2 N–H and O–H groups in total. The predicted molar refractivity (Wildman–Crippen MR) is 81.0 cm³/mol. The Morgan fingerprint density at radius 1 is 0.828 bits per heavy atom. The van der Waals surface area contributed by atoms with Crippen molar-refractivity contribution in [2.24, 2.45) is 0 Å². The molecule has 0 fully saturated rings. The largest absolute Gasteiger partial charge is 0.446 e. The van der Waals surface area contributed by atoms with Crippen LogP contribution < -0.4 is 10.6 Å². The molecule has 3 amide bonds. The molecule has 4 nitrogen and oxygen atoms in total. The summed E-state index contributed by atoms with van der Waals surface area (Å²) in [6.45, 7) is 0. The number of hydrogen-bond donors (Lipinski definition) is 2. The summed E-state index contributed by atoms with van der Waals surface area (Å²) in [6, 6.07) is 0.303. The fraction of sp³-hybridized carbons (Fsp3) is 0.0667. The number of amides is 3. The van der Waals surface area contributed by atoms with Crippen LogP contribution in [0.3, 0.4) is 0 Å². The van der Waals surface area contributed by atoms with Crippen LogP contribution in [-0.4, -0.2) is 17.4 Å². The van der Waals surface area contributed by atoms with E-state index in [1.807, 2.05) is 0 Å². The molecule has 29 heavy (non-hydrogen) atoms. The normalized spacial score (nSPS) is 11.3. The molecule has 0 aliphatic heterocycles. The minimum Gasteiger partial charge on any atom is -0.302 e. The number of carbonyl (C=O) groups excluding carboxylic acids is 2. The molecule has 156 valence electrons. The molecular formula is C15H5F9N2O2S. The summed E-state index contributed by atoms with van der Waals surface area (Å²) in [6.07, 6.45) is 0. The summed E-state index contributed by atoms with van der Waals surface area (Å²) >= 11 is -1.47. The highest BCUT2D eigenvalue weighted by molar-refractivity contribution is 8.00. The van der Waals surface area contributed by atoms with E-state index in [2.05, 4.69) is 0 Å². The van der Waals surface area contributed by atoms with Gasteiger partial charge in [0.2, 0.25) is 0 Å². The van der Waals surface area contributed by atoms with E-state index in [4.69, 9.17) is 0 Å². The van der Waals surface area contributed by atoms with Gasteiger partial charge in [-0.2, -0.15) is 13.2 Å². The van der Waals surface area contributed by atoms with Crippen LogP contribution in [0, 0.1) is 34.9 Å². The van der Waals surface area contributed by atoms with Crippen molar-refractivity contribution in [3.8, 4) is 0 Å². The van der Waals surface area contributed by atoms with Crippen LogP contribution in [-0.2, 0) is 0 Å². The Hall–Kier alpha value is -2.90. The van der Waals surface area contributed by atoms with Gasteiger partial charge in [0.15, 0.2) is 23.3 Å². The van der Waals surface area contributed by atoms with Gasteiger partial charge in [-0.05, 0) is 23.9 Å². The van der Waals surface area contributed by atoms with Gasteiger partial charge in [0.05, 0.1) is 4.90 Å². The van der Waals surface area contributed by atoms with E-state index in [-0.39, 0.29) is 0 Å². The highest BCUT2D eigenvalue weighted by Crippen LogP contribution is 2.42. The van der Waals surface area contributed by atoms with Crippen LogP contribution in [0.2, 0.25) is 0 Å². The monoisotopic (exact) mass is 448 g/mol. The zero-order chi connectivity index (χ0) is 22.1. The average molecular weight is 448 g/mol. The molecule has 0 aliphatic carbocycles. The number of urea groups is 1. The number of imide groups is 1. The third kappa shape index (κ3) is 4.93. The van der Waals surface area contributed by atoms with Crippen LogP contribution >= 0.6 is 11.8 Å². The molecule has 0 spiro atoms. The van der Waals surface area contributed by atoms with E-state index < -0.39 is 80.3 Å². The van der Waals surface area contributed by atoms with Crippen LogP contribution in [0.1, 0.15) is 10.4 Å². The zero-order valence-electron chi connectivity index (χ0n) is 13.4. The number of thioether (sulfide) groups is 1. The first-order valence-electron chi connectivity index (χ1n) is 7.01. The fourth-order valence-electron chi connectivity index (χ4n) is 1.95. The van der Waals surface area contributed by atoms with Gasteiger partial charge in [0.1, 0.15) is 22.9 Å². The van der Waals surface area contributed by atoms with Crippen molar-refractivity contribution >= 4 is 29.4 Å². The summed E-state index contributed by atoms with van der Waals surface area (Å²) in [4.78, 5) is 21.2. The number of anilines is 1. The molecule has 0 radical (unpaired) electrons. The van der Waals surface area contributed by atoms with Crippen LogP contribution in [0.4, 0.5) is 50.0 Å². The minimum atomic E-state index is -5.29.